The number of hydrogen-bond acceptors (Lipinski definition) is 1. The highest BCUT2D eigenvalue weighted by molar-refractivity contribution is 6.15. The summed E-state index contributed by atoms with van der Waals surface area (Å²) in [6, 6.07) is 50.0. The Morgan fingerprint density at radius 3 is 1.89 bits per heavy atom. The van der Waals surface area contributed by atoms with E-state index in [1.54, 1.807) is 12.1 Å². The van der Waals surface area contributed by atoms with Crippen LogP contribution in [0.2, 0.25) is 0 Å². The normalized spacial score (nSPS) is 13.8. The van der Waals surface area contributed by atoms with E-state index in [4.69, 9.17) is 11.3 Å². The molecule has 0 aliphatic heterocycles. The van der Waals surface area contributed by atoms with Crippen LogP contribution in [0, 0.1) is 0 Å². The van der Waals surface area contributed by atoms with Crippen LogP contribution >= 0.6 is 0 Å². The van der Waals surface area contributed by atoms with Crippen LogP contribution in [0.15, 0.2) is 210 Å². The molecule has 0 atom stereocenters. The minimum absolute atomic E-state index is 0.0211. The predicted octanol–water partition coefficient (Wildman–Crippen LogP) is 14.8. The van der Waals surface area contributed by atoms with E-state index in [-0.39, 0.29) is 35.8 Å². The molecule has 3 heteroatoms. The summed E-state index contributed by atoms with van der Waals surface area (Å²) in [6.07, 6.45) is 0. The highest BCUT2D eigenvalue weighted by Crippen LogP contribution is 2.41. The van der Waals surface area contributed by atoms with Crippen molar-refractivity contribution in [3.8, 4) is 44.8 Å². The van der Waals surface area contributed by atoms with E-state index in [0.29, 0.717) is 44.1 Å². The first-order chi connectivity index (χ1) is 31.6. The summed E-state index contributed by atoms with van der Waals surface area (Å²) in [4.78, 5) is 0. The summed E-state index contributed by atoms with van der Waals surface area (Å²) in [6.45, 7) is 0. The second-order valence-electron chi connectivity index (χ2n) is 14.3. The van der Waals surface area contributed by atoms with Crippen LogP contribution in [0.25, 0.3) is 110 Å². The molecule has 0 amide bonds. The molecule has 3 aromatic heterocycles. The molecule has 0 N–H and O–H groups in total. The molecule has 0 spiro atoms. The van der Waals surface area contributed by atoms with Gasteiger partial charge < -0.3 is 13.6 Å². The summed E-state index contributed by atoms with van der Waals surface area (Å²) in [5.41, 5.74) is 9.75. The lowest BCUT2D eigenvalue weighted by Gasteiger charge is -2.11. The summed E-state index contributed by atoms with van der Waals surface area (Å²) in [5, 5.41) is 4.75. The average Bonchev–Trinajstić information content (AvgIpc) is 4.00. The van der Waals surface area contributed by atoms with Gasteiger partial charge in [0.15, 0.2) is 0 Å². The molecule has 0 fully saturated rings. The molecule has 0 unspecified atom stereocenters. The van der Waals surface area contributed by atoms with Crippen LogP contribution in [0.1, 0.15) is 11.0 Å². The van der Waals surface area contributed by atoms with E-state index in [2.05, 4.69) is 41.0 Å². The van der Waals surface area contributed by atoms with E-state index in [9.17, 15) is 4.11 Å². The Labute approximate surface area is 340 Å². The van der Waals surface area contributed by atoms with Crippen molar-refractivity contribution in [3.63, 3.8) is 0 Å². The Kier molecular flexibility index (Phi) is 5.40. The van der Waals surface area contributed by atoms with Crippen molar-refractivity contribution in [2.45, 2.75) is 0 Å². The maximum absolute atomic E-state index is 9.83. The van der Waals surface area contributed by atoms with Crippen LogP contribution in [0.4, 0.5) is 0 Å². The van der Waals surface area contributed by atoms with Gasteiger partial charge >= 0.3 is 0 Å². The number of nitrogens with zero attached hydrogens (tertiary/aromatic N) is 2. The van der Waals surface area contributed by atoms with Crippen molar-refractivity contribution in [3.05, 3.63) is 206 Å². The molecule has 3 nitrogen and oxygen atoms in total. The van der Waals surface area contributed by atoms with Gasteiger partial charge in [0.05, 0.1) is 33.0 Å². The average molecular weight is 735 g/mol. The zero-order valence-corrected chi connectivity index (χ0v) is 30.3. The monoisotopic (exact) mass is 734 g/mol. The van der Waals surface area contributed by atoms with Gasteiger partial charge in [-0.05, 0) is 100 Å². The second-order valence-corrected chi connectivity index (χ2v) is 14.3. The van der Waals surface area contributed by atoms with Crippen molar-refractivity contribution < 1.29 is 15.4 Å². The lowest BCUT2D eigenvalue weighted by molar-refractivity contribution is 0.668. The molecule has 0 bridgehead atoms. The van der Waals surface area contributed by atoms with Gasteiger partial charge in [0.2, 0.25) is 0 Å². The topological polar surface area (TPSA) is 23.0 Å². The maximum atomic E-state index is 9.83. The standard InChI is InChI=1S/C54H34N2O/c1-3-13-35(14-4-1)37-17-11-18-40(31-37)55-48-22-9-7-19-43(48)46-32-38(25-29-50(46)55)39-26-30-51-47(33-39)44-20-8-10-23-49(44)56(51)41-27-28-45-53(34-41)57-52-24-12-21-42(54(45)52)36-15-5-2-6-16-36/h1-34H/i2D,5D,6D,15D,16D,25D,29D,32D. The molecular weight excluding hydrogens is 693 g/mol. The Bertz CT molecular complexity index is 3970. The van der Waals surface area contributed by atoms with Crippen LogP contribution in [0.3, 0.4) is 0 Å². The van der Waals surface area contributed by atoms with Crippen molar-refractivity contribution in [2.75, 3.05) is 0 Å². The van der Waals surface area contributed by atoms with Gasteiger partial charge in [-0.2, -0.15) is 0 Å². The Morgan fingerprint density at radius 2 is 1.05 bits per heavy atom. The van der Waals surface area contributed by atoms with Crippen LogP contribution in [0.5, 0.6) is 0 Å². The number of fused-ring (bicyclic) bond motifs is 9. The second kappa shape index (κ2) is 12.5. The van der Waals surface area contributed by atoms with Crippen molar-refractivity contribution in [1.82, 2.24) is 9.13 Å². The smallest absolute Gasteiger partial charge is 0.137 e. The quantitative estimate of drug-likeness (QED) is 0.173. The first-order valence-electron chi connectivity index (χ1n) is 22.9. The molecule has 9 aromatic carbocycles. The zero-order valence-electron chi connectivity index (χ0n) is 38.3. The van der Waals surface area contributed by atoms with Gasteiger partial charge in [0.1, 0.15) is 11.2 Å². The molecule has 57 heavy (non-hydrogen) atoms. The van der Waals surface area contributed by atoms with E-state index in [1.807, 2.05) is 114 Å². The first-order valence-corrected chi connectivity index (χ1v) is 18.9. The third kappa shape index (κ3) is 4.92. The molecule has 0 saturated heterocycles. The largest absolute Gasteiger partial charge is 0.456 e. The fraction of sp³-hybridized carbons (Fsp3) is 0. The van der Waals surface area contributed by atoms with E-state index in [0.717, 1.165) is 60.6 Å². The predicted molar refractivity (Wildman–Crippen MR) is 239 cm³/mol. The minimum Gasteiger partial charge on any atom is -0.456 e. The van der Waals surface area contributed by atoms with Crippen molar-refractivity contribution >= 4 is 65.6 Å². The Balaban J connectivity index is 1.03. The molecule has 12 aromatic rings. The van der Waals surface area contributed by atoms with Gasteiger partial charge in [0.25, 0.3) is 0 Å². The highest BCUT2D eigenvalue weighted by atomic mass is 16.3. The van der Waals surface area contributed by atoms with Crippen LogP contribution < -0.4 is 0 Å². The van der Waals surface area contributed by atoms with Crippen molar-refractivity contribution in [1.29, 1.82) is 0 Å². The van der Waals surface area contributed by atoms with Gasteiger partial charge in [-0.15, -0.1) is 0 Å². The van der Waals surface area contributed by atoms with Crippen LogP contribution in [-0.2, 0) is 0 Å². The summed E-state index contributed by atoms with van der Waals surface area (Å²) in [7, 11) is 0. The van der Waals surface area contributed by atoms with E-state index in [1.165, 1.54) is 0 Å². The molecule has 12 rings (SSSR count). The van der Waals surface area contributed by atoms with Gasteiger partial charge in [-0.25, -0.2) is 0 Å². The molecule has 0 aliphatic rings. The number of rotatable bonds is 5. The van der Waals surface area contributed by atoms with E-state index >= 15 is 0 Å². The lowest BCUT2D eigenvalue weighted by Crippen LogP contribution is -1.94. The number of hydrogen-bond donors (Lipinski definition) is 0. The highest BCUT2D eigenvalue weighted by Gasteiger charge is 2.18. The maximum Gasteiger partial charge on any atom is 0.137 e. The van der Waals surface area contributed by atoms with Crippen molar-refractivity contribution in [2.24, 2.45) is 0 Å². The molecule has 266 valence electrons. The third-order valence-corrected chi connectivity index (χ3v) is 11.1. The van der Waals surface area contributed by atoms with Gasteiger partial charge in [-0.1, -0.05) is 133 Å². The first kappa shape index (κ1) is 24.7. The summed E-state index contributed by atoms with van der Waals surface area (Å²) < 4.78 is 81.7. The molecular formula is C54H34N2O. The number of benzene rings is 9. The number of furan rings is 1. The zero-order chi connectivity index (χ0) is 44.4. The lowest BCUT2D eigenvalue weighted by atomic mass is 9.99. The summed E-state index contributed by atoms with van der Waals surface area (Å²) >= 11 is 0. The fourth-order valence-electron chi connectivity index (χ4n) is 8.58. The number of aromatic nitrogens is 2. The fourth-order valence-corrected chi connectivity index (χ4v) is 8.58. The van der Waals surface area contributed by atoms with Gasteiger partial charge in [0, 0.05) is 49.8 Å². The molecule has 0 aliphatic carbocycles. The molecule has 3 heterocycles. The van der Waals surface area contributed by atoms with Gasteiger partial charge in [-0.3, -0.25) is 0 Å². The van der Waals surface area contributed by atoms with Crippen LogP contribution in [-0.4, -0.2) is 9.13 Å². The Hall–Kier alpha value is -7.62. The molecule has 0 saturated carbocycles. The third-order valence-electron chi connectivity index (χ3n) is 11.1. The Morgan fingerprint density at radius 1 is 0.368 bits per heavy atom. The van der Waals surface area contributed by atoms with E-state index < -0.39 is 18.1 Å². The SMILES string of the molecule is [2H]c1c([2H])c([2H])c(-c2cccc3oc4cc(-n5c6ccccc6c6cc(-c7c([2H])c([2H])c8c(c7[2H])c7ccccc7n8-c7cccc(-c8ccccc8)c7)ccc65)ccc4c23)c([2H])c1[2H]. The number of para-hydroxylation sites is 2. The minimum atomic E-state index is -0.441. The summed E-state index contributed by atoms with van der Waals surface area (Å²) in [5.74, 6) is 0. The molecule has 0 radical (unpaired) electrons.